The Balaban J connectivity index is 2.11. The SMILES string of the molecule is [2H]C([2H])([2H])NC(=O)c1cnc(Cl)cc1Nc1cn(C)c2ccn(CC)c(=O)c12. The van der Waals surface area contributed by atoms with E-state index in [4.69, 9.17) is 15.7 Å². The number of aromatic nitrogens is 3. The number of carbonyl (C=O) groups is 1. The summed E-state index contributed by atoms with van der Waals surface area (Å²) in [7, 11) is 1.80. The van der Waals surface area contributed by atoms with E-state index in [0.29, 0.717) is 23.1 Å². The summed E-state index contributed by atoms with van der Waals surface area (Å²) in [5.74, 6) is -0.835. The van der Waals surface area contributed by atoms with Crippen LogP contribution in [0.3, 0.4) is 0 Å². The zero-order valence-electron chi connectivity index (χ0n) is 16.6. The molecule has 3 heterocycles. The van der Waals surface area contributed by atoms with Gasteiger partial charge in [-0.25, -0.2) is 4.98 Å². The highest BCUT2D eigenvalue weighted by Crippen LogP contribution is 2.28. The average molecular weight is 363 g/mol. The lowest BCUT2D eigenvalue weighted by Crippen LogP contribution is -2.20. The summed E-state index contributed by atoms with van der Waals surface area (Å²) in [6.45, 7) is -0.276. The molecule has 3 aromatic heterocycles. The number of hydrogen-bond acceptors (Lipinski definition) is 4. The first-order valence-corrected chi connectivity index (χ1v) is 7.92. The Morgan fingerprint density at radius 2 is 2.24 bits per heavy atom. The molecule has 0 aromatic carbocycles. The second kappa shape index (κ2) is 6.60. The predicted octanol–water partition coefficient (Wildman–Crippen LogP) is 2.51. The van der Waals surface area contributed by atoms with Crippen LogP contribution in [0.2, 0.25) is 5.15 Å². The van der Waals surface area contributed by atoms with E-state index in [0.717, 1.165) is 0 Å². The molecule has 0 fully saturated rings. The van der Waals surface area contributed by atoms with Crippen LogP contribution in [0.4, 0.5) is 11.4 Å². The van der Waals surface area contributed by atoms with E-state index in [1.807, 2.05) is 18.3 Å². The molecule has 8 heteroatoms. The van der Waals surface area contributed by atoms with E-state index in [1.165, 1.54) is 12.3 Å². The summed E-state index contributed by atoms with van der Waals surface area (Å²) in [5, 5.41) is 5.51. The van der Waals surface area contributed by atoms with Crippen LogP contribution < -0.4 is 16.2 Å². The summed E-state index contributed by atoms with van der Waals surface area (Å²) in [5.41, 5.74) is 1.22. The molecule has 0 atom stereocenters. The third-order valence-electron chi connectivity index (χ3n) is 3.95. The maximum Gasteiger partial charge on any atom is 0.262 e. The van der Waals surface area contributed by atoms with Crippen molar-refractivity contribution < 1.29 is 8.91 Å². The Hall–Kier alpha value is -2.80. The molecule has 0 saturated heterocycles. The molecule has 25 heavy (non-hydrogen) atoms. The summed E-state index contributed by atoms with van der Waals surface area (Å²) < 4.78 is 25.0. The smallest absolute Gasteiger partial charge is 0.262 e. The van der Waals surface area contributed by atoms with Gasteiger partial charge in [0.1, 0.15) is 5.15 Å². The third kappa shape index (κ3) is 2.98. The second-order valence-electron chi connectivity index (χ2n) is 5.45. The van der Waals surface area contributed by atoms with Crippen LogP contribution in [-0.2, 0) is 13.6 Å². The van der Waals surface area contributed by atoms with Crippen molar-refractivity contribution >= 4 is 39.8 Å². The molecule has 2 N–H and O–H groups in total. The van der Waals surface area contributed by atoms with E-state index in [-0.39, 0.29) is 22.0 Å². The molecule has 7 nitrogen and oxygen atoms in total. The van der Waals surface area contributed by atoms with Crippen molar-refractivity contribution in [2.75, 3.05) is 12.3 Å². The van der Waals surface area contributed by atoms with Gasteiger partial charge in [0.05, 0.1) is 27.8 Å². The van der Waals surface area contributed by atoms with Crippen molar-refractivity contribution in [1.82, 2.24) is 19.4 Å². The van der Waals surface area contributed by atoms with Gasteiger partial charge in [-0.3, -0.25) is 9.59 Å². The van der Waals surface area contributed by atoms with Crippen molar-refractivity contribution in [2.45, 2.75) is 13.5 Å². The van der Waals surface area contributed by atoms with Gasteiger partial charge in [0.15, 0.2) is 0 Å². The molecule has 0 aliphatic rings. The maximum absolute atomic E-state index is 12.8. The van der Waals surface area contributed by atoms with Crippen LogP contribution in [0, 0.1) is 0 Å². The number of halogens is 1. The first-order chi connectivity index (χ1) is 13.1. The number of rotatable bonds is 4. The molecular formula is C17H18ClN5O2. The molecule has 3 aromatic rings. The number of anilines is 2. The molecule has 0 spiro atoms. The fraction of sp³-hybridized carbons (Fsp3) is 0.235. The Labute approximate surface area is 153 Å². The number of amides is 1. The largest absolute Gasteiger partial charge is 0.355 e. The monoisotopic (exact) mass is 362 g/mol. The number of carbonyl (C=O) groups excluding carboxylic acids is 1. The minimum atomic E-state index is -2.65. The Bertz CT molecular complexity index is 1120. The first-order valence-electron chi connectivity index (χ1n) is 9.04. The standard InChI is InChI=1S/C17H18ClN5O2/c1-4-23-6-5-13-15(17(23)25)12(9-22(13)3)21-11-7-14(18)20-8-10(11)16(24)19-2/h5-9H,4H2,1-3H3,(H,19,24)(H,20,21)/i2D3. The molecule has 0 radical (unpaired) electrons. The molecule has 0 aliphatic carbocycles. The molecule has 0 aliphatic heterocycles. The fourth-order valence-electron chi connectivity index (χ4n) is 2.71. The zero-order valence-corrected chi connectivity index (χ0v) is 14.4. The lowest BCUT2D eigenvalue weighted by Gasteiger charge is -2.11. The molecule has 0 bridgehead atoms. The lowest BCUT2D eigenvalue weighted by molar-refractivity contribution is 0.0963. The number of fused-ring (bicyclic) bond motifs is 1. The minimum Gasteiger partial charge on any atom is -0.355 e. The van der Waals surface area contributed by atoms with E-state index >= 15 is 0 Å². The zero-order chi connectivity index (χ0) is 20.6. The number of pyridine rings is 2. The molecule has 130 valence electrons. The molecular weight excluding hydrogens is 342 g/mol. The van der Waals surface area contributed by atoms with Crippen LogP contribution in [0.1, 0.15) is 21.4 Å². The maximum atomic E-state index is 12.8. The Kier molecular flexibility index (Phi) is 3.56. The number of nitrogens with zero attached hydrogens (tertiary/aromatic N) is 3. The van der Waals surface area contributed by atoms with Crippen LogP contribution in [0.5, 0.6) is 0 Å². The van der Waals surface area contributed by atoms with Gasteiger partial charge in [0, 0.05) is 43.3 Å². The summed E-state index contributed by atoms with van der Waals surface area (Å²) in [6, 6.07) is 3.23. The molecule has 0 saturated carbocycles. The number of hydrogen-bond donors (Lipinski definition) is 2. The van der Waals surface area contributed by atoms with Crippen LogP contribution >= 0.6 is 11.6 Å². The Morgan fingerprint density at radius 3 is 2.96 bits per heavy atom. The van der Waals surface area contributed by atoms with Crippen molar-refractivity contribution in [3.8, 4) is 0 Å². The normalized spacial score (nSPS) is 13.2. The third-order valence-corrected chi connectivity index (χ3v) is 4.16. The van der Waals surface area contributed by atoms with Crippen molar-refractivity contribution in [3.05, 3.63) is 51.8 Å². The van der Waals surface area contributed by atoms with Crippen LogP contribution in [0.25, 0.3) is 10.9 Å². The first kappa shape index (κ1) is 13.5. The van der Waals surface area contributed by atoms with Crippen molar-refractivity contribution in [1.29, 1.82) is 0 Å². The van der Waals surface area contributed by atoms with E-state index in [2.05, 4.69) is 10.3 Å². The highest BCUT2D eigenvalue weighted by molar-refractivity contribution is 6.29. The fourth-order valence-corrected chi connectivity index (χ4v) is 2.87. The number of nitrogens with one attached hydrogen (secondary N) is 2. The predicted molar refractivity (Wildman–Crippen MR) is 98.8 cm³/mol. The van der Waals surface area contributed by atoms with Crippen LogP contribution in [0.15, 0.2) is 35.5 Å². The van der Waals surface area contributed by atoms with Gasteiger partial charge < -0.3 is 19.8 Å². The van der Waals surface area contributed by atoms with Gasteiger partial charge >= 0.3 is 0 Å². The lowest BCUT2D eigenvalue weighted by atomic mass is 10.2. The minimum absolute atomic E-state index is 0.00993. The topological polar surface area (TPSA) is 81.0 Å². The van der Waals surface area contributed by atoms with Crippen molar-refractivity contribution in [2.24, 2.45) is 7.05 Å². The van der Waals surface area contributed by atoms with Gasteiger partial charge in [0.25, 0.3) is 11.5 Å². The van der Waals surface area contributed by atoms with E-state index in [9.17, 15) is 9.59 Å². The van der Waals surface area contributed by atoms with Gasteiger partial charge in [-0.05, 0) is 19.1 Å². The van der Waals surface area contributed by atoms with Gasteiger partial charge in [-0.1, -0.05) is 11.6 Å². The van der Waals surface area contributed by atoms with Gasteiger partial charge in [-0.15, -0.1) is 0 Å². The van der Waals surface area contributed by atoms with E-state index in [1.54, 1.807) is 28.6 Å². The molecule has 3 rings (SSSR count). The second-order valence-corrected chi connectivity index (χ2v) is 5.84. The molecule has 1 amide bonds. The van der Waals surface area contributed by atoms with E-state index < -0.39 is 12.9 Å². The van der Waals surface area contributed by atoms with Gasteiger partial charge in [-0.2, -0.15) is 0 Å². The summed E-state index contributed by atoms with van der Waals surface area (Å²) >= 11 is 5.96. The average Bonchev–Trinajstić information content (AvgIpc) is 2.90. The van der Waals surface area contributed by atoms with Gasteiger partial charge in [0.2, 0.25) is 0 Å². The van der Waals surface area contributed by atoms with Crippen LogP contribution in [-0.4, -0.2) is 27.0 Å². The number of aryl methyl sites for hydroxylation is 2. The summed E-state index contributed by atoms with van der Waals surface area (Å²) in [4.78, 5) is 29.0. The summed E-state index contributed by atoms with van der Waals surface area (Å²) in [6.07, 6.45) is 4.61. The highest BCUT2D eigenvalue weighted by Gasteiger charge is 2.16. The Morgan fingerprint density at radius 1 is 1.44 bits per heavy atom. The van der Waals surface area contributed by atoms with Crippen molar-refractivity contribution in [3.63, 3.8) is 0 Å². The molecule has 0 unspecified atom stereocenters. The quantitative estimate of drug-likeness (QED) is 0.699. The highest BCUT2D eigenvalue weighted by atomic mass is 35.5.